The summed E-state index contributed by atoms with van der Waals surface area (Å²) in [6, 6.07) is 0. The number of hydrogen-bond acceptors (Lipinski definition) is 5. The zero-order valence-electron chi connectivity index (χ0n) is 10.8. The smallest absolute Gasteiger partial charge is 0.224 e. The maximum Gasteiger partial charge on any atom is 0.224 e. The number of aromatic nitrogens is 2. The zero-order chi connectivity index (χ0) is 13.0. The lowest BCUT2D eigenvalue weighted by Crippen LogP contribution is -2.40. The third kappa shape index (κ3) is 2.87. The first kappa shape index (κ1) is 13.0. The fraction of sp³-hybridized carbons (Fsp3) is 0.667. The summed E-state index contributed by atoms with van der Waals surface area (Å²) in [5.41, 5.74) is 0. The molecular formula is C12H19FN4O. The first-order chi connectivity index (χ1) is 8.74. The zero-order valence-corrected chi connectivity index (χ0v) is 10.8. The van der Waals surface area contributed by atoms with Gasteiger partial charge in [0.2, 0.25) is 5.95 Å². The standard InChI is InChI=1S/C12H19FN4O/c1-3-18-9-5-4-6-17(8-9)11-10(13)7-15-12(14-2)16-11/h7,9H,3-6,8H2,1-2H3,(H,14,15,16). The van der Waals surface area contributed by atoms with Gasteiger partial charge >= 0.3 is 0 Å². The van der Waals surface area contributed by atoms with Gasteiger partial charge in [-0.15, -0.1) is 0 Å². The van der Waals surface area contributed by atoms with Gasteiger partial charge in [-0.25, -0.2) is 9.37 Å². The molecule has 1 saturated heterocycles. The van der Waals surface area contributed by atoms with Crippen molar-refractivity contribution in [3.8, 4) is 0 Å². The van der Waals surface area contributed by atoms with Crippen LogP contribution in [0.5, 0.6) is 0 Å². The fourth-order valence-corrected chi connectivity index (χ4v) is 2.20. The van der Waals surface area contributed by atoms with Gasteiger partial charge in [-0.3, -0.25) is 0 Å². The average molecular weight is 254 g/mol. The molecule has 2 heterocycles. The highest BCUT2D eigenvalue weighted by Crippen LogP contribution is 2.22. The second-order valence-electron chi connectivity index (χ2n) is 4.28. The molecule has 1 atom stereocenters. The second kappa shape index (κ2) is 5.95. The first-order valence-electron chi connectivity index (χ1n) is 6.31. The number of nitrogens with zero attached hydrogens (tertiary/aromatic N) is 3. The van der Waals surface area contributed by atoms with Gasteiger partial charge in [-0.2, -0.15) is 4.98 Å². The normalized spacial score (nSPS) is 19.9. The van der Waals surface area contributed by atoms with E-state index < -0.39 is 0 Å². The summed E-state index contributed by atoms with van der Waals surface area (Å²) in [5, 5.41) is 2.82. The molecule has 0 bridgehead atoms. The third-order valence-corrected chi connectivity index (χ3v) is 3.03. The van der Waals surface area contributed by atoms with E-state index >= 15 is 0 Å². The lowest BCUT2D eigenvalue weighted by molar-refractivity contribution is 0.0524. The van der Waals surface area contributed by atoms with Gasteiger partial charge in [0, 0.05) is 26.7 Å². The van der Waals surface area contributed by atoms with Crippen LogP contribution in [0.15, 0.2) is 6.20 Å². The number of halogens is 1. The van der Waals surface area contributed by atoms with Crippen LogP contribution in [0.3, 0.4) is 0 Å². The molecule has 1 unspecified atom stereocenters. The molecule has 1 aromatic rings. The van der Waals surface area contributed by atoms with Crippen molar-refractivity contribution in [1.82, 2.24) is 9.97 Å². The number of ether oxygens (including phenoxy) is 1. The molecule has 5 nitrogen and oxygen atoms in total. The molecule has 1 N–H and O–H groups in total. The lowest BCUT2D eigenvalue weighted by atomic mass is 10.1. The van der Waals surface area contributed by atoms with Crippen molar-refractivity contribution in [3.63, 3.8) is 0 Å². The predicted molar refractivity (Wildman–Crippen MR) is 68.4 cm³/mol. The van der Waals surface area contributed by atoms with Crippen LogP contribution in [-0.4, -0.2) is 42.8 Å². The van der Waals surface area contributed by atoms with Gasteiger partial charge in [0.05, 0.1) is 12.3 Å². The first-order valence-corrected chi connectivity index (χ1v) is 6.31. The molecule has 1 aliphatic heterocycles. The molecule has 6 heteroatoms. The third-order valence-electron chi connectivity index (χ3n) is 3.03. The SMILES string of the molecule is CCOC1CCCN(c2nc(NC)ncc2F)C1. The summed E-state index contributed by atoms with van der Waals surface area (Å²) in [6.07, 6.45) is 3.38. The van der Waals surface area contributed by atoms with Crippen molar-refractivity contribution in [2.24, 2.45) is 0 Å². The monoisotopic (exact) mass is 254 g/mol. The highest BCUT2D eigenvalue weighted by molar-refractivity contribution is 5.44. The summed E-state index contributed by atoms with van der Waals surface area (Å²) in [4.78, 5) is 9.97. The molecule has 1 aromatic heterocycles. The van der Waals surface area contributed by atoms with Gasteiger partial charge in [0.25, 0.3) is 0 Å². The van der Waals surface area contributed by atoms with Crippen LogP contribution >= 0.6 is 0 Å². The summed E-state index contributed by atoms with van der Waals surface area (Å²) in [6.45, 7) is 4.15. The highest BCUT2D eigenvalue weighted by Gasteiger charge is 2.23. The van der Waals surface area contributed by atoms with E-state index in [4.69, 9.17) is 4.74 Å². The maximum absolute atomic E-state index is 13.8. The molecular weight excluding hydrogens is 235 g/mol. The van der Waals surface area contributed by atoms with Gasteiger partial charge in [0.1, 0.15) is 0 Å². The summed E-state index contributed by atoms with van der Waals surface area (Å²) >= 11 is 0. The fourth-order valence-electron chi connectivity index (χ4n) is 2.20. The number of rotatable bonds is 4. The van der Waals surface area contributed by atoms with Crippen LogP contribution in [0.2, 0.25) is 0 Å². The molecule has 1 aliphatic rings. The van der Waals surface area contributed by atoms with E-state index in [9.17, 15) is 4.39 Å². The number of nitrogens with one attached hydrogen (secondary N) is 1. The van der Waals surface area contributed by atoms with E-state index in [-0.39, 0.29) is 11.9 Å². The molecule has 0 aliphatic carbocycles. The molecule has 1 fully saturated rings. The molecule has 0 spiro atoms. The van der Waals surface area contributed by atoms with Gasteiger partial charge in [0.15, 0.2) is 11.6 Å². The van der Waals surface area contributed by atoms with Crippen molar-refractivity contribution in [2.75, 3.05) is 37.0 Å². The topological polar surface area (TPSA) is 50.3 Å². The van der Waals surface area contributed by atoms with Crippen molar-refractivity contribution in [2.45, 2.75) is 25.9 Å². The largest absolute Gasteiger partial charge is 0.377 e. The highest BCUT2D eigenvalue weighted by atomic mass is 19.1. The molecule has 100 valence electrons. The number of hydrogen-bond donors (Lipinski definition) is 1. The molecule has 0 aromatic carbocycles. The molecule has 18 heavy (non-hydrogen) atoms. The average Bonchev–Trinajstić information content (AvgIpc) is 2.40. The Morgan fingerprint density at radius 3 is 3.17 bits per heavy atom. The van der Waals surface area contributed by atoms with E-state index in [1.54, 1.807) is 7.05 Å². The van der Waals surface area contributed by atoms with E-state index in [1.165, 1.54) is 6.20 Å². The lowest BCUT2D eigenvalue weighted by Gasteiger charge is -2.33. The number of piperidine rings is 1. The van der Waals surface area contributed by atoms with Crippen molar-refractivity contribution in [1.29, 1.82) is 0 Å². The van der Waals surface area contributed by atoms with Crippen LogP contribution in [0, 0.1) is 5.82 Å². The quantitative estimate of drug-likeness (QED) is 0.885. The van der Waals surface area contributed by atoms with Gasteiger partial charge < -0.3 is 15.0 Å². The van der Waals surface area contributed by atoms with Crippen molar-refractivity contribution >= 4 is 11.8 Å². The summed E-state index contributed by atoms with van der Waals surface area (Å²) < 4.78 is 19.4. The Hall–Kier alpha value is -1.43. The Bertz CT molecular complexity index is 400. The second-order valence-corrected chi connectivity index (χ2v) is 4.28. The maximum atomic E-state index is 13.8. The van der Waals surface area contributed by atoms with Crippen LogP contribution in [0.4, 0.5) is 16.2 Å². The van der Waals surface area contributed by atoms with E-state index in [0.717, 1.165) is 19.4 Å². The molecule has 0 amide bonds. The van der Waals surface area contributed by atoms with Crippen molar-refractivity contribution in [3.05, 3.63) is 12.0 Å². The summed E-state index contributed by atoms with van der Waals surface area (Å²) in [7, 11) is 1.72. The van der Waals surface area contributed by atoms with Crippen LogP contribution in [0.25, 0.3) is 0 Å². The number of anilines is 2. The Morgan fingerprint density at radius 1 is 1.61 bits per heavy atom. The van der Waals surface area contributed by atoms with E-state index in [1.807, 2.05) is 11.8 Å². The minimum Gasteiger partial charge on any atom is -0.377 e. The Balaban J connectivity index is 2.14. The van der Waals surface area contributed by atoms with Gasteiger partial charge in [-0.1, -0.05) is 0 Å². The van der Waals surface area contributed by atoms with Crippen molar-refractivity contribution < 1.29 is 9.13 Å². The minimum absolute atomic E-state index is 0.163. The predicted octanol–water partition coefficient (Wildman–Crippen LogP) is 1.66. The summed E-state index contributed by atoms with van der Waals surface area (Å²) in [5.74, 6) is 0.412. The Kier molecular flexibility index (Phi) is 4.30. The van der Waals surface area contributed by atoms with Gasteiger partial charge in [-0.05, 0) is 19.8 Å². The van der Waals surface area contributed by atoms with Crippen LogP contribution in [-0.2, 0) is 4.74 Å². The van der Waals surface area contributed by atoms with Crippen LogP contribution in [0.1, 0.15) is 19.8 Å². The Morgan fingerprint density at radius 2 is 2.44 bits per heavy atom. The minimum atomic E-state index is -0.383. The molecule has 0 radical (unpaired) electrons. The Labute approximate surface area is 106 Å². The van der Waals surface area contributed by atoms with E-state index in [2.05, 4.69) is 15.3 Å². The molecule has 0 saturated carbocycles. The van der Waals surface area contributed by atoms with Crippen LogP contribution < -0.4 is 10.2 Å². The van der Waals surface area contributed by atoms with E-state index in [0.29, 0.717) is 24.9 Å². The molecule has 2 rings (SSSR count).